The van der Waals surface area contributed by atoms with Crippen molar-refractivity contribution < 1.29 is 19.5 Å². The summed E-state index contributed by atoms with van der Waals surface area (Å²) in [7, 11) is 0. The van der Waals surface area contributed by atoms with Crippen LogP contribution in [0.1, 0.15) is 43.6 Å². The number of benzene rings is 1. The second kappa shape index (κ2) is 5.16. The lowest BCUT2D eigenvalue weighted by molar-refractivity contribution is -0.967. The van der Waals surface area contributed by atoms with Crippen LogP contribution in [0.5, 0.6) is 11.5 Å². The number of carbonyl (C=O) groups excluding carboxylic acids is 1. The summed E-state index contributed by atoms with van der Waals surface area (Å²) >= 11 is 0. The van der Waals surface area contributed by atoms with E-state index in [4.69, 9.17) is 4.74 Å². The number of nitrogens with one attached hydrogen (secondary N) is 2. The van der Waals surface area contributed by atoms with E-state index in [2.05, 4.69) is 5.32 Å². The molecule has 3 aliphatic heterocycles. The Morgan fingerprint density at radius 1 is 1.23 bits per heavy atom. The van der Waals surface area contributed by atoms with E-state index in [9.17, 15) is 9.90 Å². The first kappa shape index (κ1) is 13.9. The highest BCUT2D eigenvalue weighted by molar-refractivity contribution is 5.86. The van der Waals surface area contributed by atoms with Crippen molar-refractivity contribution in [2.75, 3.05) is 19.6 Å². The Balaban J connectivity index is 1.82. The molecule has 0 unspecified atom stereocenters. The Morgan fingerprint density at radius 2 is 2.05 bits per heavy atom. The summed E-state index contributed by atoms with van der Waals surface area (Å²) < 4.78 is 6.33. The number of hydrogen-bond donors (Lipinski definition) is 3. The summed E-state index contributed by atoms with van der Waals surface area (Å²) in [6.07, 6.45) is 5.38. The molecular weight excluding hydrogens is 280 g/mol. The van der Waals surface area contributed by atoms with Gasteiger partial charge in [0.05, 0.1) is 19.0 Å². The SMILES string of the molecule is O=C1NCCC[C@@H]2c3cc(O)ccc3O[C@]12[NH+]1CCCCC1. The van der Waals surface area contributed by atoms with Crippen LogP contribution >= 0.6 is 0 Å². The Hall–Kier alpha value is -1.75. The zero-order chi connectivity index (χ0) is 15.2. The normalized spacial score (nSPS) is 31.6. The van der Waals surface area contributed by atoms with Crippen molar-refractivity contribution in [2.24, 2.45) is 0 Å². The van der Waals surface area contributed by atoms with E-state index in [1.54, 1.807) is 18.2 Å². The lowest BCUT2D eigenvalue weighted by Crippen LogP contribution is -3.23. The summed E-state index contributed by atoms with van der Waals surface area (Å²) in [5, 5.41) is 12.9. The summed E-state index contributed by atoms with van der Waals surface area (Å²) in [6.45, 7) is 2.66. The van der Waals surface area contributed by atoms with Crippen molar-refractivity contribution in [1.29, 1.82) is 0 Å². The number of likely N-dealkylation sites (tertiary alicyclic amines) is 1. The molecule has 2 saturated heterocycles. The first-order valence-electron chi connectivity index (χ1n) is 8.37. The maximum Gasteiger partial charge on any atom is 0.328 e. The van der Waals surface area contributed by atoms with E-state index in [1.165, 1.54) is 11.3 Å². The number of phenolic OH excluding ortho intramolecular Hbond substituents is 1. The number of phenols is 1. The van der Waals surface area contributed by atoms with Crippen molar-refractivity contribution in [2.45, 2.75) is 43.7 Å². The Labute approximate surface area is 130 Å². The third-order valence-corrected chi connectivity index (χ3v) is 5.41. The lowest BCUT2D eigenvalue weighted by Gasteiger charge is -2.39. The molecule has 5 heteroatoms. The first-order valence-corrected chi connectivity index (χ1v) is 8.37. The molecule has 4 rings (SSSR count). The molecule has 0 saturated carbocycles. The monoisotopic (exact) mass is 303 g/mol. The van der Waals surface area contributed by atoms with Crippen LogP contribution in [0.25, 0.3) is 0 Å². The highest BCUT2D eigenvalue weighted by Gasteiger charge is 2.62. The van der Waals surface area contributed by atoms with Crippen LogP contribution in [0.2, 0.25) is 0 Å². The third-order valence-electron chi connectivity index (χ3n) is 5.41. The van der Waals surface area contributed by atoms with Gasteiger partial charge >= 0.3 is 11.6 Å². The molecule has 5 nitrogen and oxygen atoms in total. The van der Waals surface area contributed by atoms with Gasteiger partial charge in [0.1, 0.15) is 11.5 Å². The standard InChI is InChI=1S/C17H22N2O3/c20-12-6-7-15-13(11-12)14-5-4-8-18-16(21)17(14,22-15)19-9-2-1-3-10-19/h6-7,11,14,20H,1-5,8-10H2,(H,18,21)/p+1/t14-,17+/m1/s1. The maximum absolute atomic E-state index is 13.0. The number of aromatic hydroxyl groups is 1. The molecule has 0 aliphatic carbocycles. The number of fused-ring (bicyclic) bond motifs is 3. The van der Waals surface area contributed by atoms with Crippen LogP contribution < -0.4 is 15.0 Å². The molecule has 3 N–H and O–H groups in total. The lowest BCUT2D eigenvalue weighted by atomic mass is 9.85. The fourth-order valence-electron chi connectivity index (χ4n) is 4.40. The molecule has 0 bridgehead atoms. The third kappa shape index (κ3) is 1.92. The predicted octanol–water partition coefficient (Wildman–Crippen LogP) is 0.543. The van der Waals surface area contributed by atoms with Gasteiger partial charge in [0.15, 0.2) is 0 Å². The quantitative estimate of drug-likeness (QED) is 0.710. The van der Waals surface area contributed by atoms with E-state index in [0.717, 1.165) is 50.1 Å². The van der Waals surface area contributed by atoms with E-state index in [0.29, 0.717) is 6.54 Å². The van der Waals surface area contributed by atoms with E-state index in [-0.39, 0.29) is 17.6 Å². The average Bonchev–Trinajstić information content (AvgIpc) is 2.77. The fraction of sp³-hybridized carbons (Fsp3) is 0.588. The molecule has 2 atom stereocenters. The Morgan fingerprint density at radius 3 is 2.86 bits per heavy atom. The molecule has 1 aromatic rings. The zero-order valence-electron chi connectivity index (χ0n) is 12.7. The Kier molecular flexibility index (Phi) is 3.26. The van der Waals surface area contributed by atoms with Crippen molar-refractivity contribution >= 4 is 5.91 Å². The number of quaternary nitrogens is 1. The van der Waals surface area contributed by atoms with Gasteiger partial charge in [-0.1, -0.05) is 0 Å². The van der Waals surface area contributed by atoms with Gasteiger partial charge in [0.25, 0.3) is 0 Å². The van der Waals surface area contributed by atoms with Gasteiger partial charge in [-0.05, 0) is 50.3 Å². The minimum absolute atomic E-state index is 0.0163. The summed E-state index contributed by atoms with van der Waals surface area (Å²) in [5.41, 5.74) is 0.155. The van der Waals surface area contributed by atoms with Gasteiger partial charge in [-0.15, -0.1) is 0 Å². The molecule has 0 aromatic heterocycles. The van der Waals surface area contributed by atoms with Gasteiger partial charge in [0, 0.05) is 12.1 Å². The summed E-state index contributed by atoms with van der Waals surface area (Å²) in [6, 6.07) is 5.22. The first-order chi connectivity index (χ1) is 10.7. The number of hydrogen-bond acceptors (Lipinski definition) is 3. The predicted molar refractivity (Wildman–Crippen MR) is 81.0 cm³/mol. The molecule has 0 radical (unpaired) electrons. The van der Waals surface area contributed by atoms with Gasteiger partial charge in [-0.3, -0.25) is 9.69 Å². The Bertz CT molecular complexity index is 598. The minimum atomic E-state index is -0.840. The molecule has 22 heavy (non-hydrogen) atoms. The molecule has 3 aliphatic rings. The number of amides is 1. The van der Waals surface area contributed by atoms with Crippen LogP contribution in [0.3, 0.4) is 0 Å². The highest BCUT2D eigenvalue weighted by Crippen LogP contribution is 2.46. The number of piperidine rings is 1. The smallest absolute Gasteiger partial charge is 0.328 e. The van der Waals surface area contributed by atoms with Crippen molar-refractivity contribution in [3.63, 3.8) is 0 Å². The van der Waals surface area contributed by atoms with Crippen molar-refractivity contribution in [1.82, 2.24) is 5.32 Å². The molecule has 1 amide bonds. The van der Waals surface area contributed by atoms with Crippen LogP contribution in [0.4, 0.5) is 0 Å². The van der Waals surface area contributed by atoms with Gasteiger partial charge in [-0.25, -0.2) is 0 Å². The van der Waals surface area contributed by atoms with Crippen LogP contribution in [0, 0.1) is 0 Å². The number of carbonyl (C=O) groups is 1. The molecule has 2 fully saturated rings. The minimum Gasteiger partial charge on any atom is -0.508 e. The van der Waals surface area contributed by atoms with Crippen LogP contribution in [0.15, 0.2) is 18.2 Å². The average molecular weight is 303 g/mol. The molecule has 1 aromatic carbocycles. The molecule has 118 valence electrons. The van der Waals surface area contributed by atoms with Crippen molar-refractivity contribution in [3.8, 4) is 11.5 Å². The summed E-state index contributed by atoms with van der Waals surface area (Å²) in [5.74, 6) is 1.06. The van der Waals surface area contributed by atoms with Crippen LogP contribution in [-0.2, 0) is 4.79 Å². The van der Waals surface area contributed by atoms with Crippen molar-refractivity contribution in [3.05, 3.63) is 23.8 Å². The van der Waals surface area contributed by atoms with Gasteiger partial charge < -0.3 is 15.2 Å². The maximum atomic E-state index is 13.0. The number of ether oxygens (including phenoxy) is 1. The topological polar surface area (TPSA) is 63.0 Å². The van der Waals surface area contributed by atoms with E-state index in [1.807, 2.05) is 0 Å². The van der Waals surface area contributed by atoms with E-state index >= 15 is 0 Å². The second-order valence-corrected chi connectivity index (χ2v) is 6.67. The van der Waals surface area contributed by atoms with Gasteiger partial charge in [0.2, 0.25) is 0 Å². The van der Waals surface area contributed by atoms with Gasteiger partial charge in [-0.2, -0.15) is 0 Å². The zero-order valence-corrected chi connectivity index (χ0v) is 12.7. The highest BCUT2D eigenvalue weighted by atomic mass is 16.5. The molecule has 0 spiro atoms. The molecule has 3 heterocycles. The summed E-state index contributed by atoms with van der Waals surface area (Å²) in [4.78, 5) is 14.2. The number of rotatable bonds is 1. The molecular formula is C17H23N2O3+. The van der Waals surface area contributed by atoms with E-state index < -0.39 is 5.72 Å². The second-order valence-electron chi connectivity index (χ2n) is 6.67. The fourth-order valence-corrected chi connectivity index (χ4v) is 4.40. The van der Waals surface area contributed by atoms with Crippen LogP contribution in [-0.4, -0.2) is 36.4 Å². The largest absolute Gasteiger partial charge is 0.508 e.